The topological polar surface area (TPSA) is 60.0 Å². The van der Waals surface area contributed by atoms with Crippen LogP contribution in [0.4, 0.5) is 0 Å². The third kappa shape index (κ3) is 4.92. The monoisotopic (exact) mass is 302 g/mol. The molecule has 3 unspecified atom stereocenters. The van der Waals surface area contributed by atoms with Crippen LogP contribution < -0.4 is 5.32 Å². The number of hydrogen-bond donors (Lipinski definition) is 1. The molecule has 0 amide bonds. The van der Waals surface area contributed by atoms with Crippen molar-refractivity contribution in [2.45, 2.75) is 51.5 Å². The quantitative estimate of drug-likeness (QED) is 0.665. The van der Waals surface area contributed by atoms with Crippen molar-refractivity contribution in [3.05, 3.63) is 0 Å². The minimum Gasteiger partial charge on any atom is -0.465 e. The fourth-order valence-electron chi connectivity index (χ4n) is 2.94. The summed E-state index contributed by atoms with van der Waals surface area (Å²) in [6, 6.07) is 0.193. The van der Waals surface area contributed by atoms with E-state index in [4.69, 9.17) is 14.2 Å². The van der Waals surface area contributed by atoms with Crippen molar-refractivity contribution < 1.29 is 19.0 Å². The van der Waals surface area contributed by atoms with E-state index in [-0.39, 0.29) is 24.2 Å². The summed E-state index contributed by atoms with van der Waals surface area (Å²) in [6.07, 6.45) is 0.0843. The lowest BCUT2D eigenvalue weighted by Gasteiger charge is -2.34. The number of rotatable bonds is 8. The first-order chi connectivity index (χ1) is 9.86. The van der Waals surface area contributed by atoms with Crippen LogP contribution in [0.15, 0.2) is 0 Å². The summed E-state index contributed by atoms with van der Waals surface area (Å²) >= 11 is 0. The summed E-state index contributed by atoms with van der Waals surface area (Å²) in [5.41, 5.74) is -0.731. The van der Waals surface area contributed by atoms with Gasteiger partial charge in [-0.25, -0.2) is 0 Å². The normalized spacial score (nSPS) is 26.0. The molecule has 0 aromatic rings. The Morgan fingerprint density at radius 2 is 1.81 bits per heavy atom. The van der Waals surface area contributed by atoms with E-state index in [9.17, 15) is 4.79 Å². The first-order valence-electron chi connectivity index (χ1n) is 7.59. The standard InChI is InChI=1S/C15H30N2O4/c1-7-21-14(18)15(4,16-11(2)3)10-17-8-12(19-5)13(9-17)20-6/h11-13,16H,7-10H2,1-6H3. The Labute approximate surface area is 128 Å². The summed E-state index contributed by atoms with van der Waals surface area (Å²) in [4.78, 5) is 14.5. The van der Waals surface area contributed by atoms with Crippen LogP contribution >= 0.6 is 0 Å². The van der Waals surface area contributed by atoms with Gasteiger partial charge in [-0.2, -0.15) is 0 Å². The molecular weight excluding hydrogens is 272 g/mol. The van der Waals surface area contributed by atoms with Crippen LogP contribution in [0.1, 0.15) is 27.7 Å². The number of ether oxygens (including phenoxy) is 3. The van der Waals surface area contributed by atoms with Crippen LogP contribution in [0.25, 0.3) is 0 Å². The second kappa shape index (κ2) is 8.08. The molecule has 21 heavy (non-hydrogen) atoms. The number of esters is 1. The van der Waals surface area contributed by atoms with Crippen LogP contribution in [-0.2, 0) is 19.0 Å². The molecule has 6 nitrogen and oxygen atoms in total. The fraction of sp³-hybridized carbons (Fsp3) is 0.933. The van der Waals surface area contributed by atoms with Crippen molar-refractivity contribution in [2.24, 2.45) is 0 Å². The molecule has 1 aliphatic rings. The number of carbonyl (C=O) groups is 1. The number of carbonyl (C=O) groups excluding carboxylic acids is 1. The zero-order chi connectivity index (χ0) is 16.0. The molecule has 1 aliphatic heterocycles. The molecule has 0 bridgehead atoms. The Kier molecular flexibility index (Phi) is 7.06. The molecule has 1 N–H and O–H groups in total. The highest BCUT2D eigenvalue weighted by Crippen LogP contribution is 2.20. The molecule has 6 heteroatoms. The van der Waals surface area contributed by atoms with Crippen molar-refractivity contribution in [3.63, 3.8) is 0 Å². The van der Waals surface area contributed by atoms with Gasteiger partial charge in [0.25, 0.3) is 0 Å². The molecule has 1 rings (SSSR count). The van der Waals surface area contributed by atoms with Gasteiger partial charge in [-0.15, -0.1) is 0 Å². The van der Waals surface area contributed by atoms with Crippen molar-refractivity contribution in [1.29, 1.82) is 0 Å². The summed E-state index contributed by atoms with van der Waals surface area (Å²) in [7, 11) is 3.38. The van der Waals surface area contributed by atoms with Gasteiger partial charge < -0.3 is 14.2 Å². The van der Waals surface area contributed by atoms with Gasteiger partial charge in [-0.3, -0.25) is 15.0 Å². The average Bonchev–Trinajstić information content (AvgIpc) is 2.79. The van der Waals surface area contributed by atoms with Gasteiger partial charge in [0.2, 0.25) is 0 Å². The number of methoxy groups -OCH3 is 2. The van der Waals surface area contributed by atoms with E-state index in [1.165, 1.54) is 0 Å². The number of likely N-dealkylation sites (tertiary alicyclic amines) is 1. The second-order valence-corrected chi connectivity index (χ2v) is 6.09. The predicted octanol–water partition coefficient (Wildman–Crippen LogP) is 0.652. The van der Waals surface area contributed by atoms with Crippen LogP contribution in [0.2, 0.25) is 0 Å². The lowest BCUT2D eigenvalue weighted by molar-refractivity contribution is -0.151. The third-order valence-corrected chi connectivity index (χ3v) is 3.77. The van der Waals surface area contributed by atoms with Gasteiger partial charge in [0.1, 0.15) is 5.54 Å². The molecular formula is C15H30N2O4. The first-order valence-corrected chi connectivity index (χ1v) is 7.59. The Bertz CT molecular complexity index is 326. The molecule has 1 saturated heterocycles. The highest BCUT2D eigenvalue weighted by atomic mass is 16.5. The molecule has 0 aromatic heterocycles. The van der Waals surface area contributed by atoms with E-state index in [0.29, 0.717) is 13.2 Å². The molecule has 0 radical (unpaired) electrons. The summed E-state index contributed by atoms with van der Waals surface area (Å²) in [6.45, 7) is 10.2. The van der Waals surface area contributed by atoms with E-state index in [0.717, 1.165) is 13.1 Å². The SMILES string of the molecule is CCOC(=O)C(C)(CN1CC(OC)C(OC)C1)NC(C)C. The maximum absolute atomic E-state index is 12.3. The predicted molar refractivity (Wildman–Crippen MR) is 81.3 cm³/mol. The van der Waals surface area contributed by atoms with Crippen molar-refractivity contribution in [1.82, 2.24) is 10.2 Å². The zero-order valence-electron chi connectivity index (χ0n) is 14.1. The summed E-state index contributed by atoms with van der Waals surface area (Å²) in [5.74, 6) is -0.214. The van der Waals surface area contributed by atoms with Gasteiger partial charge >= 0.3 is 5.97 Å². The van der Waals surface area contributed by atoms with Crippen molar-refractivity contribution >= 4 is 5.97 Å². The maximum Gasteiger partial charge on any atom is 0.327 e. The minimum atomic E-state index is -0.731. The van der Waals surface area contributed by atoms with E-state index in [1.807, 2.05) is 27.7 Å². The Morgan fingerprint density at radius 3 is 2.19 bits per heavy atom. The molecule has 0 aromatic carbocycles. The van der Waals surface area contributed by atoms with Crippen molar-refractivity contribution in [3.8, 4) is 0 Å². The first kappa shape index (κ1) is 18.4. The molecule has 3 atom stereocenters. The zero-order valence-corrected chi connectivity index (χ0v) is 14.1. The molecule has 124 valence electrons. The maximum atomic E-state index is 12.3. The van der Waals surface area contributed by atoms with Crippen LogP contribution in [-0.4, -0.2) is 75.1 Å². The highest BCUT2D eigenvalue weighted by molar-refractivity contribution is 5.80. The molecule has 0 spiro atoms. The molecule has 0 aliphatic carbocycles. The van der Waals surface area contributed by atoms with Crippen LogP contribution in [0.3, 0.4) is 0 Å². The van der Waals surface area contributed by atoms with Gasteiger partial charge in [0.05, 0.1) is 18.8 Å². The lowest BCUT2D eigenvalue weighted by Crippen LogP contribution is -2.59. The number of nitrogens with one attached hydrogen (secondary N) is 1. The number of hydrogen-bond acceptors (Lipinski definition) is 6. The third-order valence-electron chi connectivity index (χ3n) is 3.77. The second-order valence-electron chi connectivity index (χ2n) is 6.09. The highest BCUT2D eigenvalue weighted by Gasteiger charge is 2.41. The van der Waals surface area contributed by atoms with Gasteiger partial charge in [-0.05, 0) is 27.7 Å². The van der Waals surface area contributed by atoms with Crippen LogP contribution in [0, 0.1) is 0 Å². The average molecular weight is 302 g/mol. The van der Waals surface area contributed by atoms with E-state index >= 15 is 0 Å². The van der Waals surface area contributed by atoms with Gasteiger partial charge in [0.15, 0.2) is 0 Å². The Balaban J connectivity index is 2.75. The molecule has 1 heterocycles. The fourth-order valence-corrected chi connectivity index (χ4v) is 2.94. The van der Waals surface area contributed by atoms with Crippen molar-refractivity contribution in [2.75, 3.05) is 40.5 Å². The van der Waals surface area contributed by atoms with Crippen LogP contribution in [0.5, 0.6) is 0 Å². The minimum absolute atomic E-state index is 0.0421. The summed E-state index contributed by atoms with van der Waals surface area (Å²) in [5, 5.41) is 3.34. The number of nitrogens with zero attached hydrogens (tertiary/aromatic N) is 1. The van der Waals surface area contributed by atoms with Gasteiger partial charge in [-0.1, -0.05) is 0 Å². The Hall–Kier alpha value is -0.690. The van der Waals surface area contributed by atoms with E-state index < -0.39 is 5.54 Å². The smallest absolute Gasteiger partial charge is 0.327 e. The summed E-state index contributed by atoms with van der Waals surface area (Å²) < 4.78 is 16.1. The lowest BCUT2D eigenvalue weighted by atomic mass is 10.0. The van der Waals surface area contributed by atoms with E-state index in [2.05, 4.69) is 10.2 Å². The molecule has 0 saturated carbocycles. The van der Waals surface area contributed by atoms with E-state index in [1.54, 1.807) is 14.2 Å². The largest absolute Gasteiger partial charge is 0.465 e. The van der Waals surface area contributed by atoms with Gasteiger partial charge in [0, 0.05) is 39.9 Å². The Morgan fingerprint density at radius 1 is 1.29 bits per heavy atom. The molecule has 1 fully saturated rings.